The second kappa shape index (κ2) is 4.86. The van der Waals surface area contributed by atoms with Crippen molar-refractivity contribution >= 4 is 15.9 Å². The van der Waals surface area contributed by atoms with Crippen LogP contribution in [-0.4, -0.2) is 18.7 Å². The summed E-state index contributed by atoms with van der Waals surface area (Å²) in [5, 5.41) is 3.45. The van der Waals surface area contributed by atoms with Gasteiger partial charge in [-0.25, -0.2) is 0 Å². The topological polar surface area (TPSA) is 21.3 Å². The number of nitrogens with one attached hydrogen (secondary N) is 1. The van der Waals surface area contributed by atoms with Gasteiger partial charge in [-0.15, -0.1) is 0 Å². The molecule has 1 fully saturated rings. The fraction of sp³-hybridized carbons (Fsp3) is 0.538. The van der Waals surface area contributed by atoms with Crippen molar-refractivity contribution in [1.29, 1.82) is 0 Å². The monoisotopic (exact) mass is 283 g/mol. The second-order valence-electron chi connectivity index (χ2n) is 4.59. The molecule has 3 heteroatoms. The van der Waals surface area contributed by atoms with Crippen LogP contribution in [0.2, 0.25) is 0 Å². The molecule has 0 aromatic heterocycles. The molecule has 0 saturated carbocycles. The highest BCUT2D eigenvalue weighted by molar-refractivity contribution is 9.10. The van der Waals surface area contributed by atoms with Crippen LogP contribution in [-0.2, 0) is 4.74 Å². The van der Waals surface area contributed by atoms with Gasteiger partial charge in [0.15, 0.2) is 0 Å². The quantitative estimate of drug-likeness (QED) is 0.900. The summed E-state index contributed by atoms with van der Waals surface area (Å²) in [4.78, 5) is 0. The summed E-state index contributed by atoms with van der Waals surface area (Å²) in [5.74, 6) is 0. The Kier molecular flexibility index (Phi) is 3.67. The molecule has 2 rings (SSSR count). The first-order valence-corrected chi connectivity index (χ1v) is 6.56. The van der Waals surface area contributed by atoms with Crippen molar-refractivity contribution in [2.75, 3.05) is 13.1 Å². The molecule has 2 nitrogen and oxygen atoms in total. The largest absolute Gasteiger partial charge is 0.365 e. The zero-order valence-corrected chi connectivity index (χ0v) is 11.4. The maximum Gasteiger partial charge on any atom is 0.0957 e. The summed E-state index contributed by atoms with van der Waals surface area (Å²) >= 11 is 3.45. The zero-order valence-electron chi connectivity index (χ0n) is 9.79. The molecule has 0 amide bonds. The summed E-state index contributed by atoms with van der Waals surface area (Å²) < 4.78 is 7.28. The highest BCUT2D eigenvalue weighted by Gasteiger charge is 2.31. The zero-order chi connectivity index (χ0) is 11.6. The van der Waals surface area contributed by atoms with E-state index in [1.165, 1.54) is 5.56 Å². The van der Waals surface area contributed by atoms with E-state index in [1.807, 2.05) is 0 Å². The molecule has 88 valence electrons. The van der Waals surface area contributed by atoms with Crippen molar-refractivity contribution in [2.24, 2.45) is 0 Å². The SMILES string of the molecule is CCC1(C)CNCC(c2ccc(Br)cc2)O1. The van der Waals surface area contributed by atoms with Crippen molar-refractivity contribution in [2.45, 2.75) is 32.0 Å². The second-order valence-corrected chi connectivity index (χ2v) is 5.51. The lowest BCUT2D eigenvalue weighted by molar-refractivity contribution is -0.109. The summed E-state index contributed by atoms with van der Waals surface area (Å²) in [6, 6.07) is 8.38. The van der Waals surface area contributed by atoms with Gasteiger partial charge in [-0.1, -0.05) is 35.0 Å². The molecule has 1 aromatic carbocycles. The summed E-state index contributed by atoms with van der Waals surface area (Å²) in [5.41, 5.74) is 1.21. The van der Waals surface area contributed by atoms with Gasteiger partial charge in [-0.05, 0) is 31.0 Å². The van der Waals surface area contributed by atoms with Crippen molar-refractivity contribution in [1.82, 2.24) is 5.32 Å². The van der Waals surface area contributed by atoms with Gasteiger partial charge in [-0.3, -0.25) is 0 Å². The number of morpholine rings is 1. The van der Waals surface area contributed by atoms with Crippen LogP contribution in [0.25, 0.3) is 0 Å². The average molecular weight is 284 g/mol. The van der Waals surface area contributed by atoms with Gasteiger partial charge in [0, 0.05) is 17.6 Å². The van der Waals surface area contributed by atoms with E-state index in [9.17, 15) is 0 Å². The van der Waals surface area contributed by atoms with Gasteiger partial charge in [0.2, 0.25) is 0 Å². The fourth-order valence-corrected chi connectivity index (χ4v) is 2.23. The predicted octanol–water partition coefficient (Wildman–Crippen LogP) is 3.28. The van der Waals surface area contributed by atoms with Crippen LogP contribution < -0.4 is 5.32 Å². The summed E-state index contributed by atoms with van der Waals surface area (Å²) in [7, 11) is 0. The molecule has 1 N–H and O–H groups in total. The molecule has 0 spiro atoms. The van der Waals surface area contributed by atoms with Gasteiger partial charge in [0.05, 0.1) is 11.7 Å². The van der Waals surface area contributed by atoms with Crippen LogP contribution in [0.3, 0.4) is 0 Å². The lowest BCUT2D eigenvalue weighted by atomic mass is 9.98. The number of ether oxygens (including phenoxy) is 1. The van der Waals surface area contributed by atoms with E-state index in [-0.39, 0.29) is 11.7 Å². The Morgan fingerprint density at radius 1 is 1.44 bits per heavy atom. The van der Waals surface area contributed by atoms with Crippen LogP contribution in [0.4, 0.5) is 0 Å². The molecule has 0 radical (unpaired) electrons. The Hall–Kier alpha value is -0.380. The standard InChI is InChI=1S/C13H18BrNO/c1-3-13(2)9-15-8-12(16-13)10-4-6-11(14)7-5-10/h4-7,12,15H,3,8-9H2,1-2H3. The van der Waals surface area contributed by atoms with Crippen LogP contribution in [0.5, 0.6) is 0 Å². The molecule has 2 unspecified atom stereocenters. The number of hydrogen-bond acceptors (Lipinski definition) is 2. The Bertz CT molecular complexity index is 351. The molecule has 1 aliphatic rings. The molecular weight excluding hydrogens is 266 g/mol. The minimum absolute atomic E-state index is 0.0318. The van der Waals surface area contributed by atoms with E-state index in [0.717, 1.165) is 24.0 Å². The van der Waals surface area contributed by atoms with Crippen LogP contribution in [0, 0.1) is 0 Å². The third-order valence-electron chi connectivity index (χ3n) is 3.25. The summed E-state index contributed by atoms with van der Waals surface area (Å²) in [6.45, 7) is 6.18. The van der Waals surface area contributed by atoms with Crippen LogP contribution in [0.15, 0.2) is 28.7 Å². The number of rotatable bonds is 2. The molecule has 1 heterocycles. The minimum atomic E-state index is -0.0318. The van der Waals surface area contributed by atoms with Gasteiger partial charge >= 0.3 is 0 Å². The van der Waals surface area contributed by atoms with E-state index in [0.29, 0.717) is 0 Å². The molecule has 16 heavy (non-hydrogen) atoms. The highest BCUT2D eigenvalue weighted by atomic mass is 79.9. The van der Waals surface area contributed by atoms with Crippen LogP contribution >= 0.6 is 15.9 Å². The van der Waals surface area contributed by atoms with Crippen LogP contribution in [0.1, 0.15) is 31.9 Å². The first kappa shape index (κ1) is 12.1. The van der Waals surface area contributed by atoms with E-state index in [1.54, 1.807) is 0 Å². The Balaban J connectivity index is 2.12. The van der Waals surface area contributed by atoms with Crippen molar-refractivity contribution in [3.8, 4) is 0 Å². The van der Waals surface area contributed by atoms with E-state index >= 15 is 0 Å². The van der Waals surface area contributed by atoms with Gasteiger partial charge in [-0.2, -0.15) is 0 Å². The third-order valence-corrected chi connectivity index (χ3v) is 3.77. The fourth-order valence-electron chi connectivity index (χ4n) is 1.97. The Morgan fingerprint density at radius 3 is 2.75 bits per heavy atom. The Morgan fingerprint density at radius 2 is 2.12 bits per heavy atom. The van der Waals surface area contributed by atoms with Crippen molar-refractivity contribution in [3.05, 3.63) is 34.3 Å². The minimum Gasteiger partial charge on any atom is -0.365 e. The Labute approximate surface area is 106 Å². The molecular formula is C13H18BrNO. The lowest BCUT2D eigenvalue weighted by Crippen LogP contribution is -2.48. The number of benzene rings is 1. The maximum absolute atomic E-state index is 6.17. The molecule has 2 atom stereocenters. The van der Waals surface area contributed by atoms with Gasteiger partial charge in [0.25, 0.3) is 0 Å². The predicted molar refractivity (Wildman–Crippen MR) is 69.5 cm³/mol. The third kappa shape index (κ3) is 2.65. The highest BCUT2D eigenvalue weighted by Crippen LogP contribution is 2.29. The molecule has 0 bridgehead atoms. The normalized spacial score (nSPS) is 30.3. The van der Waals surface area contributed by atoms with E-state index in [2.05, 4.69) is 59.4 Å². The molecule has 0 aliphatic carbocycles. The average Bonchev–Trinajstić information content (AvgIpc) is 2.30. The molecule has 1 saturated heterocycles. The maximum atomic E-state index is 6.17. The lowest BCUT2D eigenvalue weighted by Gasteiger charge is -2.39. The van der Waals surface area contributed by atoms with Crippen molar-refractivity contribution < 1.29 is 4.74 Å². The number of hydrogen-bond donors (Lipinski definition) is 1. The molecule has 1 aliphatic heterocycles. The van der Waals surface area contributed by atoms with Gasteiger partial charge in [0.1, 0.15) is 0 Å². The number of halogens is 1. The first-order chi connectivity index (χ1) is 7.63. The van der Waals surface area contributed by atoms with E-state index in [4.69, 9.17) is 4.74 Å². The summed E-state index contributed by atoms with van der Waals surface area (Å²) in [6.07, 6.45) is 1.21. The first-order valence-electron chi connectivity index (χ1n) is 5.77. The molecule has 1 aromatic rings. The van der Waals surface area contributed by atoms with E-state index < -0.39 is 0 Å². The van der Waals surface area contributed by atoms with Gasteiger partial charge < -0.3 is 10.1 Å². The smallest absolute Gasteiger partial charge is 0.0957 e. The van der Waals surface area contributed by atoms with Crippen molar-refractivity contribution in [3.63, 3.8) is 0 Å².